The van der Waals surface area contributed by atoms with Crippen molar-refractivity contribution in [2.45, 2.75) is 39.2 Å². The van der Waals surface area contributed by atoms with Crippen molar-refractivity contribution in [1.29, 1.82) is 0 Å². The average Bonchev–Trinajstić information content (AvgIpc) is 2.70. The maximum Gasteiger partial charge on any atom is 0.242 e. The van der Waals surface area contributed by atoms with E-state index in [1.807, 2.05) is 13.8 Å². The summed E-state index contributed by atoms with van der Waals surface area (Å²) in [7, 11) is 0. The van der Waals surface area contributed by atoms with Crippen molar-refractivity contribution >= 4 is 35.4 Å². The number of aromatic amines is 1. The maximum atomic E-state index is 12.5. The van der Waals surface area contributed by atoms with E-state index in [2.05, 4.69) is 10.3 Å². The fourth-order valence-corrected chi connectivity index (χ4v) is 3.70. The van der Waals surface area contributed by atoms with Gasteiger partial charge in [-0.3, -0.25) is 9.59 Å². The second-order valence-corrected chi connectivity index (χ2v) is 6.69. The summed E-state index contributed by atoms with van der Waals surface area (Å²) < 4.78 is 0.687. The van der Waals surface area contributed by atoms with Gasteiger partial charge in [0.15, 0.2) is 3.95 Å². The van der Waals surface area contributed by atoms with Crippen molar-refractivity contribution < 1.29 is 9.59 Å². The highest BCUT2D eigenvalue weighted by Crippen LogP contribution is 2.18. The normalized spacial score (nSPS) is 19.0. The molecule has 0 bridgehead atoms. The summed E-state index contributed by atoms with van der Waals surface area (Å²) in [6, 6.07) is -0.325. The summed E-state index contributed by atoms with van der Waals surface area (Å²) in [5.74, 6) is -0.0310. The van der Waals surface area contributed by atoms with E-state index in [9.17, 15) is 9.59 Å². The van der Waals surface area contributed by atoms with E-state index < -0.39 is 0 Å². The van der Waals surface area contributed by atoms with Gasteiger partial charge < -0.3 is 15.2 Å². The number of hydrogen-bond donors (Lipinski definition) is 2. The first-order valence-electron chi connectivity index (χ1n) is 6.78. The molecule has 7 heteroatoms. The lowest BCUT2D eigenvalue weighted by Gasteiger charge is -2.35. The maximum absolute atomic E-state index is 12.5. The summed E-state index contributed by atoms with van der Waals surface area (Å²) >= 11 is 6.52. The number of hydrogen-bond acceptors (Lipinski definition) is 4. The van der Waals surface area contributed by atoms with E-state index in [1.165, 1.54) is 11.3 Å². The Bertz CT molecular complexity index is 564. The standard InChI is InChI=1S/C13H19N3O2S2/c1-3-4-9-12(18)14-5-6-16(9)11(17)7-10-8(2)15-13(19)20-10/h9H,3-7H2,1-2H3,(H,14,18)(H,15,19)/t9-/m0/s1. The molecule has 0 aliphatic carbocycles. The molecule has 0 radical (unpaired) electrons. The van der Waals surface area contributed by atoms with Crippen LogP contribution < -0.4 is 5.32 Å². The van der Waals surface area contributed by atoms with Crippen LogP contribution in [0.2, 0.25) is 0 Å². The first-order chi connectivity index (χ1) is 9.52. The molecule has 1 fully saturated rings. The molecule has 0 spiro atoms. The molecule has 0 saturated carbocycles. The van der Waals surface area contributed by atoms with Crippen molar-refractivity contribution in [3.8, 4) is 0 Å². The minimum Gasteiger partial charge on any atom is -0.353 e. The van der Waals surface area contributed by atoms with Gasteiger partial charge in [0.25, 0.3) is 0 Å². The molecule has 2 N–H and O–H groups in total. The number of carbonyl (C=O) groups is 2. The van der Waals surface area contributed by atoms with Crippen molar-refractivity contribution in [3.05, 3.63) is 14.5 Å². The lowest BCUT2D eigenvalue weighted by Crippen LogP contribution is -2.57. The van der Waals surface area contributed by atoms with Crippen LogP contribution in [-0.4, -0.2) is 40.8 Å². The fourth-order valence-electron chi connectivity index (χ4n) is 2.42. The molecule has 1 aliphatic heterocycles. The summed E-state index contributed by atoms with van der Waals surface area (Å²) in [6.07, 6.45) is 1.90. The monoisotopic (exact) mass is 313 g/mol. The lowest BCUT2D eigenvalue weighted by molar-refractivity contribution is -0.143. The van der Waals surface area contributed by atoms with Gasteiger partial charge in [-0.1, -0.05) is 13.3 Å². The second-order valence-electron chi connectivity index (χ2n) is 4.92. The highest BCUT2D eigenvalue weighted by Gasteiger charge is 2.32. The summed E-state index contributed by atoms with van der Waals surface area (Å²) in [4.78, 5) is 30.1. The Morgan fingerprint density at radius 2 is 2.30 bits per heavy atom. The molecule has 1 aromatic heterocycles. The Kier molecular flexibility index (Phi) is 4.93. The molecular formula is C13H19N3O2S2. The van der Waals surface area contributed by atoms with Gasteiger partial charge in [0.05, 0.1) is 6.42 Å². The Hall–Kier alpha value is -1.21. The zero-order valence-corrected chi connectivity index (χ0v) is 13.3. The number of aromatic nitrogens is 1. The molecule has 20 heavy (non-hydrogen) atoms. The molecule has 2 heterocycles. The van der Waals surface area contributed by atoms with Crippen LogP contribution in [0.3, 0.4) is 0 Å². The smallest absolute Gasteiger partial charge is 0.242 e. The molecular weight excluding hydrogens is 294 g/mol. The van der Waals surface area contributed by atoms with Gasteiger partial charge in [0.1, 0.15) is 6.04 Å². The highest BCUT2D eigenvalue weighted by molar-refractivity contribution is 7.73. The zero-order chi connectivity index (χ0) is 14.7. The van der Waals surface area contributed by atoms with E-state index in [0.29, 0.717) is 29.9 Å². The molecule has 1 saturated heterocycles. The van der Waals surface area contributed by atoms with Crippen LogP contribution in [0, 0.1) is 10.9 Å². The van der Waals surface area contributed by atoms with Crippen LogP contribution in [0.5, 0.6) is 0 Å². The quantitative estimate of drug-likeness (QED) is 0.833. The van der Waals surface area contributed by atoms with E-state index in [-0.39, 0.29) is 17.9 Å². The minimum atomic E-state index is -0.325. The van der Waals surface area contributed by atoms with E-state index in [0.717, 1.165) is 17.0 Å². The molecule has 5 nitrogen and oxygen atoms in total. The number of piperazine rings is 1. The van der Waals surface area contributed by atoms with Crippen molar-refractivity contribution in [3.63, 3.8) is 0 Å². The summed E-state index contributed by atoms with van der Waals surface area (Å²) in [5, 5.41) is 2.83. The predicted molar refractivity (Wildman–Crippen MR) is 81.4 cm³/mol. The Morgan fingerprint density at radius 1 is 1.55 bits per heavy atom. The Labute approximate surface area is 127 Å². The van der Waals surface area contributed by atoms with Crippen LogP contribution in [-0.2, 0) is 16.0 Å². The molecule has 110 valence electrons. The molecule has 2 rings (SSSR count). The number of carbonyl (C=O) groups excluding carboxylic acids is 2. The molecule has 1 aromatic rings. The Morgan fingerprint density at radius 3 is 2.90 bits per heavy atom. The first kappa shape index (κ1) is 15.2. The van der Waals surface area contributed by atoms with Crippen molar-refractivity contribution in [1.82, 2.24) is 15.2 Å². The number of rotatable bonds is 4. The zero-order valence-electron chi connectivity index (χ0n) is 11.7. The van der Waals surface area contributed by atoms with Crippen LogP contribution in [0.25, 0.3) is 0 Å². The summed E-state index contributed by atoms with van der Waals surface area (Å²) in [6.45, 7) is 5.06. The molecule has 0 unspecified atom stereocenters. The molecule has 0 aromatic carbocycles. The third kappa shape index (κ3) is 3.27. The number of thiazole rings is 1. The van der Waals surface area contributed by atoms with Crippen molar-refractivity contribution in [2.24, 2.45) is 0 Å². The summed E-state index contributed by atoms with van der Waals surface area (Å²) in [5.41, 5.74) is 0.946. The predicted octanol–water partition coefficient (Wildman–Crippen LogP) is 1.78. The SMILES string of the molecule is CCC[C@H]1C(=O)NCCN1C(=O)Cc1sc(=S)[nH]c1C. The average molecular weight is 313 g/mol. The lowest BCUT2D eigenvalue weighted by atomic mass is 10.1. The van der Waals surface area contributed by atoms with Gasteiger partial charge in [-0.2, -0.15) is 0 Å². The van der Waals surface area contributed by atoms with Crippen LogP contribution in [0.1, 0.15) is 30.3 Å². The third-order valence-electron chi connectivity index (χ3n) is 3.45. The minimum absolute atomic E-state index is 0.00616. The van der Waals surface area contributed by atoms with E-state index >= 15 is 0 Å². The van der Waals surface area contributed by atoms with Crippen LogP contribution in [0.4, 0.5) is 0 Å². The topological polar surface area (TPSA) is 65.2 Å². The van der Waals surface area contributed by atoms with Gasteiger partial charge in [-0.05, 0) is 25.6 Å². The fraction of sp³-hybridized carbons (Fsp3) is 0.615. The van der Waals surface area contributed by atoms with Gasteiger partial charge in [-0.25, -0.2) is 0 Å². The number of amides is 2. The second kappa shape index (κ2) is 6.49. The number of nitrogens with zero attached hydrogens (tertiary/aromatic N) is 1. The highest BCUT2D eigenvalue weighted by atomic mass is 32.1. The Balaban J connectivity index is 2.12. The number of aryl methyl sites for hydroxylation is 1. The van der Waals surface area contributed by atoms with Crippen molar-refractivity contribution in [2.75, 3.05) is 13.1 Å². The van der Waals surface area contributed by atoms with Gasteiger partial charge in [0.2, 0.25) is 11.8 Å². The van der Waals surface area contributed by atoms with Crippen LogP contribution >= 0.6 is 23.6 Å². The van der Waals surface area contributed by atoms with E-state index in [4.69, 9.17) is 12.2 Å². The molecule has 1 aliphatic rings. The van der Waals surface area contributed by atoms with Gasteiger partial charge >= 0.3 is 0 Å². The van der Waals surface area contributed by atoms with Crippen LogP contribution in [0.15, 0.2) is 0 Å². The number of H-pyrrole nitrogens is 1. The van der Waals surface area contributed by atoms with Gasteiger partial charge in [0, 0.05) is 23.7 Å². The number of nitrogens with one attached hydrogen (secondary N) is 2. The first-order valence-corrected chi connectivity index (χ1v) is 8.01. The largest absolute Gasteiger partial charge is 0.353 e. The third-order valence-corrected chi connectivity index (χ3v) is 4.79. The van der Waals surface area contributed by atoms with E-state index in [1.54, 1.807) is 4.90 Å². The molecule has 1 atom stereocenters. The molecule has 2 amide bonds. The van der Waals surface area contributed by atoms with Gasteiger partial charge in [-0.15, -0.1) is 11.3 Å².